The molecule has 0 saturated carbocycles. The molecule has 0 radical (unpaired) electrons. The molecule has 3 aromatic carbocycles. The van der Waals surface area contributed by atoms with Gasteiger partial charge in [0.2, 0.25) is 0 Å². The maximum atomic E-state index is 4.67. The fraction of sp³-hybridized carbons (Fsp3) is 0.0556. The van der Waals surface area contributed by atoms with E-state index in [1.807, 2.05) is 49.6 Å². The summed E-state index contributed by atoms with van der Waals surface area (Å²) in [4.78, 5) is 18.1. The third-order valence-electron chi connectivity index (χ3n) is 7.40. The van der Waals surface area contributed by atoms with Gasteiger partial charge >= 0.3 is 0 Å². The van der Waals surface area contributed by atoms with Crippen LogP contribution < -0.4 is 0 Å². The largest absolute Gasteiger partial charge is 0.264 e. The number of rotatable bonds is 4. The van der Waals surface area contributed by atoms with E-state index < -0.39 is 0 Å². The topological polar surface area (TPSA) is 51.6 Å². The molecular weight excluding hydrogens is 488 g/mol. The van der Waals surface area contributed by atoms with E-state index in [0.29, 0.717) is 0 Å². The number of benzene rings is 3. The van der Waals surface area contributed by atoms with E-state index in [9.17, 15) is 0 Å². The van der Waals surface area contributed by atoms with Gasteiger partial charge in [0.1, 0.15) is 0 Å². The highest BCUT2D eigenvalue weighted by Gasteiger charge is 2.18. The van der Waals surface area contributed by atoms with E-state index in [4.69, 9.17) is 0 Å². The van der Waals surface area contributed by atoms with Gasteiger partial charge in [-0.1, -0.05) is 48.5 Å². The number of nitrogens with zero attached hydrogens (tertiary/aromatic N) is 4. The van der Waals surface area contributed by atoms with E-state index in [2.05, 4.69) is 107 Å². The van der Waals surface area contributed by atoms with Gasteiger partial charge in [0.25, 0.3) is 0 Å². The minimum atomic E-state index is 1.05. The quantitative estimate of drug-likeness (QED) is 0.220. The van der Waals surface area contributed by atoms with E-state index >= 15 is 0 Å². The Morgan fingerprint density at radius 1 is 0.350 bits per heavy atom. The zero-order chi connectivity index (χ0) is 27.1. The predicted molar refractivity (Wildman–Crippen MR) is 164 cm³/mol. The highest BCUT2D eigenvalue weighted by Crippen LogP contribution is 2.44. The second kappa shape index (κ2) is 9.83. The molecule has 0 atom stereocenters. The second-order valence-corrected chi connectivity index (χ2v) is 10.3. The molecule has 7 aromatic rings. The smallest absolute Gasteiger partial charge is 0.0347 e. The van der Waals surface area contributed by atoms with Crippen LogP contribution in [0.3, 0.4) is 0 Å². The maximum absolute atomic E-state index is 4.67. The first-order chi connectivity index (χ1) is 19.7. The average Bonchev–Trinajstić information content (AvgIpc) is 3.00. The van der Waals surface area contributed by atoms with Gasteiger partial charge in [0.05, 0.1) is 0 Å². The fourth-order valence-corrected chi connectivity index (χ4v) is 5.65. The van der Waals surface area contributed by atoms with E-state index in [1.165, 1.54) is 32.7 Å². The minimum Gasteiger partial charge on any atom is -0.264 e. The number of fused-ring (bicyclic) bond motifs is 2. The van der Waals surface area contributed by atoms with Gasteiger partial charge in [-0.3, -0.25) is 19.9 Å². The summed E-state index contributed by atoms with van der Waals surface area (Å²) in [5, 5.41) is 4.72. The van der Waals surface area contributed by atoms with Gasteiger partial charge in [-0.15, -0.1) is 0 Å². The van der Waals surface area contributed by atoms with Gasteiger partial charge in [0, 0.05) is 83.0 Å². The summed E-state index contributed by atoms with van der Waals surface area (Å²) < 4.78 is 0. The van der Waals surface area contributed by atoms with Crippen LogP contribution in [-0.2, 0) is 0 Å². The van der Waals surface area contributed by atoms with Crippen LogP contribution in [0.4, 0.5) is 0 Å². The van der Waals surface area contributed by atoms with Crippen LogP contribution in [0.25, 0.3) is 66.1 Å². The summed E-state index contributed by atoms with van der Waals surface area (Å²) in [5.41, 5.74) is 11.0. The van der Waals surface area contributed by atoms with Gasteiger partial charge in [-0.25, -0.2) is 0 Å². The molecular formula is C36H26N4. The number of pyridine rings is 4. The number of aryl methyl sites for hydroxylation is 2. The zero-order valence-corrected chi connectivity index (χ0v) is 22.3. The van der Waals surface area contributed by atoms with Gasteiger partial charge in [0.15, 0.2) is 0 Å². The molecule has 0 aliphatic heterocycles. The van der Waals surface area contributed by atoms with E-state index in [1.54, 1.807) is 0 Å². The SMILES string of the molecule is Cc1cncc(-c2cncc(-c3c4ccccc4c(-c4cncc(-c5cncc(C)c5)c4)c4ccccc34)c2)c1. The average molecular weight is 515 g/mol. The fourth-order valence-electron chi connectivity index (χ4n) is 5.65. The third kappa shape index (κ3) is 4.20. The lowest BCUT2D eigenvalue weighted by atomic mass is 9.86. The van der Waals surface area contributed by atoms with Crippen molar-refractivity contribution in [3.05, 3.63) is 133 Å². The number of aromatic nitrogens is 4. The van der Waals surface area contributed by atoms with Crippen molar-refractivity contribution in [2.45, 2.75) is 13.8 Å². The summed E-state index contributed by atoms with van der Waals surface area (Å²) in [6.07, 6.45) is 15.3. The second-order valence-electron chi connectivity index (χ2n) is 10.3. The number of hydrogen-bond acceptors (Lipinski definition) is 4. The lowest BCUT2D eigenvalue weighted by Gasteiger charge is -2.18. The Balaban J connectivity index is 1.49. The summed E-state index contributed by atoms with van der Waals surface area (Å²) in [7, 11) is 0. The van der Waals surface area contributed by atoms with E-state index in [-0.39, 0.29) is 0 Å². The Morgan fingerprint density at radius 2 is 0.650 bits per heavy atom. The van der Waals surface area contributed by atoms with Crippen LogP contribution in [0.5, 0.6) is 0 Å². The Hall–Kier alpha value is -5.22. The van der Waals surface area contributed by atoms with Crippen molar-refractivity contribution >= 4 is 21.5 Å². The minimum absolute atomic E-state index is 1.05. The molecule has 0 aliphatic rings. The standard InChI is InChI=1S/C36H26N4/c1-23-11-25(17-37-15-23)27-13-29(21-39-19-27)35-31-7-3-5-9-33(31)36(34-10-6-4-8-32(34)35)30-14-28(20-40-22-30)26-12-24(2)16-38-18-26/h3-22H,1-2H3. The molecule has 4 aromatic heterocycles. The first kappa shape index (κ1) is 23.9. The molecule has 4 nitrogen and oxygen atoms in total. The van der Waals surface area contributed by atoms with Crippen molar-refractivity contribution in [2.24, 2.45) is 0 Å². The first-order valence-corrected chi connectivity index (χ1v) is 13.3. The van der Waals surface area contributed by atoms with Crippen LogP contribution in [0.15, 0.2) is 122 Å². The van der Waals surface area contributed by atoms with E-state index in [0.717, 1.165) is 44.5 Å². The molecule has 0 spiro atoms. The summed E-state index contributed by atoms with van der Waals surface area (Å²) in [5.74, 6) is 0. The molecule has 4 heteroatoms. The number of hydrogen-bond donors (Lipinski definition) is 0. The Kier molecular flexibility index (Phi) is 5.86. The predicted octanol–water partition coefficient (Wildman–Crippen LogP) is 8.86. The lowest BCUT2D eigenvalue weighted by Crippen LogP contribution is -1.93. The van der Waals surface area contributed by atoms with Crippen molar-refractivity contribution in [3.8, 4) is 44.5 Å². The third-order valence-corrected chi connectivity index (χ3v) is 7.40. The van der Waals surface area contributed by atoms with Crippen LogP contribution in [0.2, 0.25) is 0 Å². The molecule has 4 heterocycles. The van der Waals surface area contributed by atoms with Crippen molar-refractivity contribution in [3.63, 3.8) is 0 Å². The van der Waals surface area contributed by atoms with Gasteiger partial charge in [-0.2, -0.15) is 0 Å². The van der Waals surface area contributed by atoms with Crippen LogP contribution >= 0.6 is 0 Å². The van der Waals surface area contributed by atoms with Gasteiger partial charge in [-0.05, 0) is 81.9 Å². The molecule has 0 saturated heterocycles. The van der Waals surface area contributed by atoms with Gasteiger partial charge < -0.3 is 0 Å². The molecule has 40 heavy (non-hydrogen) atoms. The Labute approximate surface area is 233 Å². The molecule has 7 rings (SSSR count). The molecule has 0 aliphatic carbocycles. The van der Waals surface area contributed by atoms with Crippen LogP contribution in [0.1, 0.15) is 11.1 Å². The highest BCUT2D eigenvalue weighted by molar-refractivity contribution is 6.21. The van der Waals surface area contributed by atoms with Crippen molar-refractivity contribution in [1.82, 2.24) is 19.9 Å². The normalized spacial score (nSPS) is 11.2. The van der Waals surface area contributed by atoms with Crippen LogP contribution in [0, 0.1) is 13.8 Å². The van der Waals surface area contributed by atoms with Crippen molar-refractivity contribution in [2.75, 3.05) is 0 Å². The Morgan fingerprint density at radius 3 is 1.00 bits per heavy atom. The summed E-state index contributed by atoms with van der Waals surface area (Å²) in [6, 6.07) is 26.0. The monoisotopic (exact) mass is 514 g/mol. The zero-order valence-electron chi connectivity index (χ0n) is 22.3. The molecule has 0 fully saturated rings. The molecule has 0 N–H and O–H groups in total. The highest BCUT2D eigenvalue weighted by atomic mass is 14.7. The lowest BCUT2D eigenvalue weighted by molar-refractivity contribution is 1.26. The summed E-state index contributed by atoms with van der Waals surface area (Å²) in [6.45, 7) is 4.12. The maximum Gasteiger partial charge on any atom is 0.0347 e. The van der Waals surface area contributed by atoms with Crippen LogP contribution in [-0.4, -0.2) is 19.9 Å². The molecule has 0 amide bonds. The Bertz CT molecular complexity index is 1840. The molecule has 0 unspecified atom stereocenters. The van der Waals surface area contributed by atoms with Crippen molar-refractivity contribution in [1.29, 1.82) is 0 Å². The summed E-state index contributed by atoms with van der Waals surface area (Å²) >= 11 is 0. The van der Waals surface area contributed by atoms with Crippen molar-refractivity contribution < 1.29 is 0 Å². The first-order valence-electron chi connectivity index (χ1n) is 13.3. The molecule has 0 bridgehead atoms. The molecule has 190 valence electrons.